The van der Waals surface area contributed by atoms with Gasteiger partial charge in [0.1, 0.15) is 30.5 Å². The summed E-state index contributed by atoms with van der Waals surface area (Å²) < 4.78 is 11.1. The Morgan fingerprint density at radius 2 is 1.05 bits per heavy atom. The summed E-state index contributed by atoms with van der Waals surface area (Å²) in [5.74, 6) is -0.625. The van der Waals surface area contributed by atoms with Crippen molar-refractivity contribution in [3.63, 3.8) is 0 Å². The van der Waals surface area contributed by atoms with Crippen LogP contribution in [0, 0.1) is 0 Å². The topological polar surface area (TPSA) is 169 Å². The van der Waals surface area contributed by atoms with E-state index in [1.165, 1.54) is 116 Å². The number of carbonyl (C=O) groups excluding carboxylic acids is 1. The lowest BCUT2D eigenvalue weighted by molar-refractivity contribution is -0.302. The highest BCUT2D eigenvalue weighted by Gasteiger charge is 2.44. The molecule has 1 heterocycles. The predicted molar refractivity (Wildman–Crippen MR) is 223 cm³/mol. The molecule has 8 atom stereocenters. The number of hydrogen-bond donors (Lipinski definition) is 7. The predicted octanol–water partition coefficient (Wildman–Crippen LogP) is 8.08. The third-order valence-electron chi connectivity index (χ3n) is 10.9. The van der Waals surface area contributed by atoms with Crippen LogP contribution < -0.4 is 5.32 Å². The fraction of sp³-hybridized carbons (Fsp3) is 0.889. The summed E-state index contributed by atoms with van der Waals surface area (Å²) in [5.41, 5.74) is 0. The van der Waals surface area contributed by atoms with Gasteiger partial charge in [-0.3, -0.25) is 4.79 Å². The third kappa shape index (κ3) is 26.3. The first-order valence-corrected chi connectivity index (χ1v) is 22.7. The minimum atomic E-state index is -1.61. The van der Waals surface area contributed by atoms with Crippen molar-refractivity contribution in [2.24, 2.45) is 0 Å². The molecule has 55 heavy (non-hydrogen) atoms. The first kappa shape index (κ1) is 51.6. The Morgan fingerprint density at radius 1 is 0.618 bits per heavy atom. The number of allylic oxidation sites excluding steroid dienone is 3. The summed E-state index contributed by atoms with van der Waals surface area (Å²) in [4.78, 5) is 13.0. The maximum absolute atomic E-state index is 13.0. The molecule has 1 rings (SSSR count). The lowest BCUT2D eigenvalue weighted by Crippen LogP contribution is -2.60. The zero-order chi connectivity index (χ0) is 40.4. The highest BCUT2D eigenvalue weighted by molar-refractivity contribution is 5.80. The monoisotopic (exact) mass is 784 g/mol. The molecule has 8 unspecified atom stereocenters. The normalized spacial score (nSPS) is 22.1. The van der Waals surface area contributed by atoms with Crippen LogP contribution in [0.3, 0.4) is 0 Å². The van der Waals surface area contributed by atoms with Crippen LogP contribution in [-0.2, 0) is 14.3 Å². The van der Waals surface area contributed by atoms with Crippen LogP contribution >= 0.6 is 0 Å². The SMILES string of the molecule is CCCCCCCCC/C=C\CCCCCCC(O)C(=O)NC(COC1OC(CO)C(O)C(O)C1O)C(O)/C=C/CCCCCCCCCCCCCCC. The van der Waals surface area contributed by atoms with E-state index >= 15 is 0 Å². The molecular formula is C45H85NO9. The quantitative estimate of drug-likeness (QED) is 0.0243. The van der Waals surface area contributed by atoms with Crippen molar-refractivity contribution >= 4 is 5.91 Å². The van der Waals surface area contributed by atoms with Gasteiger partial charge in [-0.05, 0) is 44.9 Å². The zero-order valence-electron chi connectivity index (χ0n) is 35.0. The molecule has 1 aliphatic heterocycles. The Bertz CT molecular complexity index is 932. The van der Waals surface area contributed by atoms with E-state index in [0.29, 0.717) is 12.8 Å². The van der Waals surface area contributed by atoms with Gasteiger partial charge >= 0.3 is 0 Å². The summed E-state index contributed by atoms with van der Waals surface area (Å²) in [6.45, 7) is 3.59. The van der Waals surface area contributed by atoms with Crippen LogP contribution in [0.15, 0.2) is 24.3 Å². The molecule has 0 aromatic rings. The molecule has 1 amide bonds. The fourth-order valence-electron chi connectivity index (χ4n) is 7.10. The van der Waals surface area contributed by atoms with Gasteiger partial charge in [0.2, 0.25) is 5.91 Å². The fourth-order valence-corrected chi connectivity index (χ4v) is 7.10. The van der Waals surface area contributed by atoms with Gasteiger partial charge in [0.15, 0.2) is 6.29 Å². The van der Waals surface area contributed by atoms with Crippen molar-refractivity contribution in [2.75, 3.05) is 13.2 Å². The standard InChI is InChI=1S/C45H85NO9/c1-3-5-7-9-11-13-15-17-19-21-23-25-27-29-31-33-38(48)37(36-54-45-43(52)42(51)41(50)40(35-47)55-45)46-44(53)39(49)34-32-30-28-26-24-22-20-18-16-14-12-10-8-6-4-2/h20,22,31,33,37-43,45,47-52H,3-19,21,23-30,32,34-36H2,1-2H3,(H,46,53)/b22-20-,33-31+. The van der Waals surface area contributed by atoms with E-state index in [1.54, 1.807) is 6.08 Å². The van der Waals surface area contributed by atoms with Crippen LogP contribution in [0.2, 0.25) is 0 Å². The Kier molecular flexibility index (Phi) is 33.6. The van der Waals surface area contributed by atoms with Crippen molar-refractivity contribution in [3.8, 4) is 0 Å². The smallest absolute Gasteiger partial charge is 0.249 e. The average Bonchev–Trinajstić information content (AvgIpc) is 3.18. The van der Waals surface area contributed by atoms with E-state index < -0.39 is 61.5 Å². The molecule has 324 valence electrons. The number of unbranched alkanes of at least 4 members (excludes halogenated alkanes) is 24. The first-order valence-electron chi connectivity index (χ1n) is 22.7. The summed E-state index contributed by atoms with van der Waals surface area (Å²) in [6.07, 6.45) is 31.1. The highest BCUT2D eigenvalue weighted by atomic mass is 16.7. The van der Waals surface area contributed by atoms with Gasteiger partial charge in [0, 0.05) is 0 Å². The van der Waals surface area contributed by atoms with E-state index in [0.717, 1.165) is 51.4 Å². The lowest BCUT2D eigenvalue weighted by Gasteiger charge is -2.40. The summed E-state index contributed by atoms with van der Waals surface area (Å²) in [7, 11) is 0. The Morgan fingerprint density at radius 3 is 1.53 bits per heavy atom. The molecule has 1 saturated heterocycles. The highest BCUT2D eigenvalue weighted by Crippen LogP contribution is 2.22. The molecule has 1 aliphatic rings. The van der Waals surface area contributed by atoms with Crippen LogP contribution in [0.1, 0.15) is 194 Å². The zero-order valence-corrected chi connectivity index (χ0v) is 35.0. The maximum Gasteiger partial charge on any atom is 0.249 e. The second-order valence-electron chi connectivity index (χ2n) is 16.0. The molecule has 0 aromatic heterocycles. The Balaban J connectivity index is 2.45. The van der Waals surface area contributed by atoms with Gasteiger partial charge in [-0.1, -0.05) is 173 Å². The van der Waals surface area contributed by atoms with E-state index in [1.807, 2.05) is 6.08 Å². The Hall–Kier alpha value is -1.37. The summed E-state index contributed by atoms with van der Waals surface area (Å²) >= 11 is 0. The van der Waals surface area contributed by atoms with Crippen LogP contribution in [0.5, 0.6) is 0 Å². The second kappa shape index (κ2) is 35.8. The number of hydrogen-bond acceptors (Lipinski definition) is 9. The lowest BCUT2D eigenvalue weighted by atomic mass is 9.99. The molecule has 0 radical (unpaired) electrons. The average molecular weight is 784 g/mol. The van der Waals surface area contributed by atoms with Gasteiger partial charge in [-0.2, -0.15) is 0 Å². The molecule has 10 heteroatoms. The largest absolute Gasteiger partial charge is 0.394 e. The first-order chi connectivity index (χ1) is 26.8. The number of ether oxygens (including phenoxy) is 2. The number of carbonyl (C=O) groups is 1. The molecule has 10 nitrogen and oxygen atoms in total. The van der Waals surface area contributed by atoms with Gasteiger partial charge in [0.05, 0.1) is 25.4 Å². The number of nitrogens with one attached hydrogen (secondary N) is 1. The second-order valence-corrected chi connectivity index (χ2v) is 16.0. The number of aliphatic hydroxyl groups is 6. The van der Waals surface area contributed by atoms with Gasteiger partial charge < -0.3 is 45.4 Å². The van der Waals surface area contributed by atoms with Crippen LogP contribution in [0.25, 0.3) is 0 Å². The van der Waals surface area contributed by atoms with Crippen molar-refractivity contribution < 1.29 is 44.9 Å². The van der Waals surface area contributed by atoms with Crippen LogP contribution in [-0.4, -0.2) is 98.7 Å². The molecule has 0 saturated carbocycles. The summed E-state index contributed by atoms with van der Waals surface area (Å²) in [6, 6.07) is -0.981. The molecule has 0 spiro atoms. The van der Waals surface area contributed by atoms with Gasteiger partial charge in [-0.15, -0.1) is 0 Å². The minimum absolute atomic E-state index is 0.297. The van der Waals surface area contributed by atoms with Gasteiger partial charge in [-0.25, -0.2) is 0 Å². The van der Waals surface area contributed by atoms with Crippen molar-refractivity contribution in [1.29, 1.82) is 0 Å². The molecule has 0 aromatic carbocycles. The number of rotatable bonds is 37. The number of aliphatic hydroxyl groups excluding tert-OH is 6. The summed E-state index contributed by atoms with van der Waals surface area (Å²) in [5, 5.41) is 64.6. The van der Waals surface area contributed by atoms with Gasteiger partial charge in [0.25, 0.3) is 0 Å². The van der Waals surface area contributed by atoms with Crippen molar-refractivity contribution in [2.45, 2.75) is 243 Å². The Labute approximate surface area is 335 Å². The molecule has 1 fully saturated rings. The third-order valence-corrected chi connectivity index (χ3v) is 10.9. The van der Waals surface area contributed by atoms with Crippen molar-refractivity contribution in [3.05, 3.63) is 24.3 Å². The molecular weight excluding hydrogens is 698 g/mol. The molecule has 7 N–H and O–H groups in total. The molecule has 0 bridgehead atoms. The van der Waals surface area contributed by atoms with Crippen molar-refractivity contribution in [1.82, 2.24) is 5.32 Å². The van der Waals surface area contributed by atoms with E-state index in [2.05, 4.69) is 31.3 Å². The maximum atomic E-state index is 13.0. The van der Waals surface area contributed by atoms with E-state index in [9.17, 15) is 35.4 Å². The van der Waals surface area contributed by atoms with E-state index in [-0.39, 0.29) is 6.61 Å². The van der Waals surface area contributed by atoms with Crippen LogP contribution in [0.4, 0.5) is 0 Å². The minimum Gasteiger partial charge on any atom is -0.394 e. The number of amides is 1. The van der Waals surface area contributed by atoms with E-state index in [4.69, 9.17) is 9.47 Å². The molecule has 0 aliphatic carbocycles.